The lowest BCUT2D eigenvalue weighted by atomic mass is 10.0. The van der Waals surface area contributed by atoms with Crippen LogP contribution in [-0.4, -0.2) is 37.2 Å². The number of ether oxygens (including phenoxy) is 3. The third kappa shape index (κ3) is 69.8. The monoisotopic (exact) mass is 1160 g/mol. The lowest BCUT2D eigenvalue weighted by Gasteiger charge is -2.18. The van der Waals surface area contributed by atoms with E-state index in [-0.39, 0.29) is 31.1 Å². The Morgan fingerprint density at radius 1 is 0.253 bits per heavy atom. The first-order valence-electron chi connectivity index (χ1n) is 36.8. The number of rotatable bonds is 68. The fourth-order valence-electron chi connectivity index (χ4n) is 11.0. The van der Waals surface area contributed by atoms with Gasteiger partial charge in [-0.1, -0.05) is 351 Å². The second-order valence-electron chi connectivity index (χ2n) is 24.8. The van der Waals surface area contributed by atoms with E-state index in [0.717, 1.165) is 89.9 Å². The summed E-state index contributed by atoms with van der Waals surface area (Å²) in [5.74, 6) is -0.884. The predicted molar refractivity (Wildman–Crippen MR) is 362 cm³/mol. The van der Waals surface area contributed by atoms with Crippen LogP contribution in [0.5, 0.6) is 0 Å². The summed E-state index contributed by atoms with van der Waals surface area (Å²) in [5.41, 5.74) is 0. The van der Waals surface area contributed by atoms with Gasteiger partial charge < -0.3 is 14.2 Å². The maximum Gasteiger partial charge on any atom is 0.306 e. The Balaban J connectivity index is 4.22. The van der Waals surface area contributed by atoms with Gasteiger partial charge in [0, 0.05) is 19.3 Å². The standard InChI is InChI=1S/C77H140O6/c1-4-7-10-13-16-19-22-25-27-29-31-33-35-37-38-40-41-43-45-47-49-52-55-58-61-64-67-70-76(79)82-73-74(72-81-75(78)69-66-63-60-57-54-51-24-21-18-15-12-9-6-3)83-77(80)71-68-65-62-59-56-53-50-48-46-44-42-39-36-34-32-30-28-26-23-20-17-14-11-8-5-2/h9,12,18,21-22,25,29,31,51,54,74H,4-8,10-11,13-17,19-20,23-24,26-28,30,32-50,52-53,55-73H2,1-3H3/b12-9-,21-18-,25-22-,31-29-,54-51-. The molecule has 6 heteroatoms. The minimum atomic E-state index is -0.786. The van der Waals surface area contributed by atoms with Gasteiger partial charge in [0.05, 0.1) is 0 Å². The molecule has 0 heterocycles. The van der Waals surface area contributed by atoms with Crippen LogP contribution in [0.25, 0.3) is 0 Å². The Bertz CT molecular complexity index is 1470. The molecule has 0 spiro atoms. The molecule has 83 heavy (non-hydrogen) atoms. The molecule has 0 aliphatic carbocycles. The molecular formula is C77H140O6. The summed E-state index contributed by atoms with van der Waals surface area (Å²) in [6.07, 6.45) is 92.7. The number of allylic oxidation sites excluding steroid dienone is 10. The van der Waals surface area contributed by atoms with Crippen LogP contribution in [0.4, 0.5) is 0 Å². The predicted octanol–water partition coefficient (Wildman–Crippen LogP) is 25.5. The van der Waals surface area contributed by atoms with Gasteiger partial charge in [0.25, 0.3) is 0 Å². The van der Waals surface area contributed by atoms with E-state index in [4.69, 9.17) is 14.2 Å². The zero-order valence-electron chi connectivity index (χ0n) is 55.7. The van der Waals surface area contributed by atoms with Crippen molar-refractivity contribution in [1.29, 1.82) is 0 Å². The summed E-state index contributed by atoms with van der Waals surface area (Å²) in [7, 11) is 0. The van der Waals surface area contributed by atoms with Gasteiger partial charge in [0.15, 0.2) is 6.10 Å². The third-order valence-corrected chi connectivity index (χ3v) is 16.5. The topological polar surface area (TPSA) is 78.9 Å². The fraction of sp³-hybridized carbons (Fsp3) is 0.831. The number of esters is 3. The Morgan fingerprint density at radius 2 is 0.470 bits per heavy atom. The molecule has 0 amide bonds. The quantitative estimate of drug-likeness (QED) is 0.0261. The molecule has 1 unspecified atom stereocenters. The maximum absolute atomic E-state index is 13.0. The molecule has 6 nitrogen and oxygen atoms in total. The van der Waals surface area contributed by atoms with Crippen molar-refractivity contribution >= 4 is 17.9 Å². The largest absolute Gasteiger partial charge is 0.462 e. The molecule has 0 radical (unpaired) electrons. The van der Waals surface area contributed by atoms with Crippen LogP contribution in [0.2, 0.25) is 0 Å². The summed E-state index contributed by atoms with van der Waals surface area (Å²) in [6, 6.07) is 0. The second-order valence-corrected chi connectivity index (χ2v) is 24.8. The lowest BCUT2D eigenvalue weighted by Crippen LogP contribution is -2.30. The van der Waals surface area contributed by atoms with Crippen LogP contribution in [0, 0.1) is 0 Å². The summed E-state index contributed by atoms with van der Waals surface area (Å²) in [4.78, 5) is 38.4. The molecule has 0 aliphatic rings. The summed E-state index contributed by atoms with van der Waals surface area (Å²) in [6.45, 7) is 6.56. The van der Waals surface area contributed by atoms with Crippen molar-refractivity contribution in [2.75, 3.05) is 13.2 Å². The highest BCUT2D eigenvalue weighted by Crippen LogP contribution is 2.19. The number of carbonyl (C=O) groups excluding carboxylic acids is 3. The van der Waals surface area contributed by atoms with Gasteiger partial charge >= 0.3 is 17.9 Å². The minimum Gasteiger partial charge on any atom is -0.462 e. The average molecular weight is 1160 g/mol. The zero-order valence-corrected chi connectivity index (χ0v) is 55.7. The van der Waals surface area contributed by atoms with Gasteiger partial charge in [-0.25, -0.2) is 0 Å². The second kappa shape index (κ2) is 71.6. The average Bonchev–Trinajstić information content (AvgIpc) is 3.49. The molecule has 0 bridgehead atoms. The fourth-order valence-corrected chi connectivity index (χ4v) is 11.0. The van der Waals surface area contributed by atoms with Crippen molar-refractivity contribution in [2.24, 2.45) is 0 Å². The highest BCUT2D eigenvalue weighted by molar-refractivity contribution is 5.71. The molecule has 0 saturated carbocycles. The SMILES string of the molecule is CC/C=C\C/C=C\C/C=C\CCCCCC(=O)OCC(COC(=O)CCCCCCCCCCCCCCCCC/C=C\C/C=C\CCCCCCC)OC(=O)CCCCCCCCCCCCCCCCCCCCCCCCCCC. The van der Waals surface area contributed by atoms with Crippen molar-refractivity contribution < 1.29 is 28.6 Å². The van der Waals surface area contributed by atoms with E-state index in [9.17, 15) is 14.4 Å². The van der Waals surface area contributed by atoms with E-state index < -0.39 is 6.10 Å². The molecule has 0 saturated heterocycles. The first-order chi connectivity index (χ1) is 41.0. The molecule has 0 aromatic rings. The van der Waals surface area contributed by atoms with E-state index in [1.807, 2.05) is 0 Å². The van der Waals surface area contributed by atoms with Crippen molar-refractivity contribution in [3.63, 3.8) is 0 Å². The van der Waals surface area contributed by atoms with Crippen LogP contribution >= 0.6 is 0 Å². The van der Waals surface area contributed by atoms with Gasteiger partial charge in [0.2, 0.25) is 0 Å². The normalized spacial score (nSPS) is 12.4. The van der Waals surface area contributed by atoms with Gasteiger partial charge in [-0.15, -0.1) is 0 Å². The van der Waals surface area contributed by atoms with E-state index in [1.165, 1.54) is 263 Å². The van der Waals surface area contributed by atoms with Gasteiger partial charge in [-0.05, 0) is 83.5 Å². The Morgan fingerprint density at radius 3 is 0.747 bits per heavy atom. The van der Waals surface area contributed by atoms with E-state index in [0.29, 0.717) is 19.3 Å². The maximum atomic E-state index is 13.0. The molecule has 0 N–H and O–H groups in total. The van der Waals surface area contributed by atoms with E-state index in [1.54, 1.807) is 0 Å². The molecule has 0 aromatic carbocycles. The van der Waals surface area contributed by atoms with Gasteiger partial charge in [0.1, 0.15) is 13.2 Å². The van der Waals surface area contributed by atoms with Crippen LogP contribution in [0.15, 0.2) is 60.8 Å². The molecular weight excluding hydrogens is 1020 g/mol. The van der Waals surface area contributed by atoms with Crippen LogP contribution < -0.4 is 0 Å². The summed E-state index contributed by atoms with van der Waals surface area (Å²) >= 11 is 0. The zero-order chi connectivity index (χ0) is 59.9. The van der Waals surface area contributed by atoms with Crippen LogP contribution in [-0.2, 0) is 28.6 Å². The van der Waals surface area contributed by atoms with Crippen LogP contribution in [0.1, 0.15) is 393 Å². The summed E-state index contributed by atoms with van der Waals surface area (Å²) in [5, 5.41) is 0. The molecule has 0 aliphatic heterocycles. The van der Waals surface area contributed by atoms with Crippen LogP contribution in [0.3, 0.4) is 0 Å². The minimum absolute atomic E-state index is 0.0794. The number of hydrogen-bond acceptors (Lipinski definition) is 6. The van der Waals surface area contributed by atoms with Crippen molar-refractivity contribution in [1.82, 2.24) is 0 Å². The molecule has 1 atom stereocenters. The Labute approximate surface area is 517 Å². The molecule has 0 fully saturated rings. The smallest absolute Gasteiger partial charge is 0.306 e. The first-order valence-corrected chi connectivity index (χ1v) is 36.8. The number of carbonyl (C=O) groups is 3. The van der Waals surface area contributed by atoms with Crippen molar-refractivity contribution in [3.05, 3.63) is 60.8 Å². The van der Waals surface area contributed by atoms with E-state index >= 15 is 0 Å². The highest BCUT2D eigenvalue weighted by Gasteiger charge is 2.19. The van der Waals surface area contributed by atoms with Gasteiger partial charge in [-0.2, -0.15) is 0 Å². The number of unbranched alkanes of at least 4 members (excludes halogenated alkanes) is 47. The van der Waals surface area contributed by atoms with Crippen molar-refractivity contribution in [3.8, 4) is 0 Å². The Kier molecular flexibility index (Phi) is 69.1. The van der Waals surface area contributed by atoms with Crippen molar-refractivity contribution in [2.45, 2.75) is 399 Å². The van der Waals surface area contributed by atoms with Gasteiger partial charge in [-0.3, -0.25) is 14.4 Å². The van der Waals surface area contributed by atoms with E-state index in [2.05, 4.69) is 81.5 Å². The summed E-state index contributed by atoms with van der Waals surface area (Å²) < 4.78 is 17.0. The Hall–Kier alpha value is -2.89. The molecule has 0 aromatic heterocycles. The first kappa shape index (κ1) is 80.1. The third-order valence-electron chi connectivity index (χ3n) is 16.5. The number of hydrogen-bond donors (Lipinski definition) is 0. The highest BCUT2D eigenvalue weighted by atomic mass is 16.6. The molecule has 0 rings (SSSR count). The lowest BCUT2D eigenvalue weighted by molar-refractivity contribution is -0.167. The molecule has 484 valence electrons.